The van der Waals surface area contributed by atoms with Crippen LogP contribution in [0.15, 0.2) is 47.4 Å². The van der Waals surface area contributed by atoms with E-state index in [1.165, 1.54) is 15.9 Å². The molecule has 0 aromatic heterocycles. The Morgan fingerprint density at radius 2 is 1.79 bits per heavy atom. The molecule has 1 saturated heterocycles. The van der Waals surface area contributed by atoms with Gasteiger partial charge in [-0.25, -0.2) is 12.8 Å². The number of nitrogens with one attached hydrogen (secondary N) is 1. The normalized spacial score (nSPS) is 17.8. The van der Waals surface area contributed by atoms with Crippen LogP contribution in [0.25, 0.3) is 0 Å². The average Bonchev–Trinajstić information content (AvgIpc) is 3.21. The Balaban J connectivity index is 1.35. The van der Waals surface area contributed by atoms with E-state index in [-0.39, 0.29) is 24.2 Å². The first-order valence-corrected chi connectivity index (χ1v) is 11.5. The maximum Gasteiger partial charge on any atom is 0.243 e. The molecule has 0 saturated carbocycles. The summed E-state index contributed by atoms with van der Waals surface area (Å²) in [7, 11) is -3.54. The van der Waals surface area contributed by atoms with Crippen LogP contribution in [0.2, 0.25) is 0 Å². The van der Waals surface area contributed by atoms with E-state index in [9.17, 15) is 17.6 Å². The van der Waals surface area contributed by atoms with Gasteiger partial charge in [0.1, 0.15) is 5.82 Å². The molecule has 0 spiro atoms. The summed E-state index contributed by atoms with van der Waals surface area (Å²) < 4.78 is 41.2. The number of piperidine rings is 1. The third-order valence-corrected chi connectivity index (χ3v) is 7.84. The number of amides is 1. The van der Waals surface area contributed by atoms with E-state index >= 15 is 0 Å². The molecule has 2 aliphatic rings. The van der Waals surface area contributed by atoms with E-state index in [0.29, 0.717) is 36.4 Å². The molecular weight excluding hydrogens is 391 g/mol. The van der Waals surface area contributed by atoms with Crippen LogP contribution in [0.5, 0.6) is 0 Å². The Morgan fingerprint density at radius 1 is 1.07 bits per heavy atom. The second-order valence-electron chi connectivity index (χ2n) is 7.77. The predicted octanol–water partition coefficient (Wildman–Crippen LogP) is 3.03. The third-order valence-electron chi connectivity index (χ3n) is 5.94. The largest absolute Gasteiger partial charge is 0.352 e. The first-order chi connectivity index (χ1) is 13.9. The van der Waals surface area contributed by atoms with E-state index in [2.05, 4.69) is 5.32 Å². The summed E-state index contributed by atoms with van der Waals surface area (Å²) in [5.41, 5.74) is 2.82. The van der Waals surface area contributed by atoms with Gasteiger partial charge in [0, 0.05) is 31.1 Å². The number of carbonyl (C=O) groups is 1. The first kappa shape index (κ1) is 20.0. The lowest BCUT2D eigenvalue weighted by Gasteiger charge is -2.30. The molecule has 0 atom stereocenters. The van der Waals surface area contributed by atoms with Crippen molar-refractivity contribution in [2.24, 2.45) is 5.92 Å². The van der Waals surface area contributed by atoms with Crippen molar-refractivity contribution in [3.8, 4) is 0 Å². The molecule has 1 fully saturated rings. The van der Waals surface area contributed by atoms with Crippen LogP contribution in [0.3, 0.4) is 0 Å². The number of nitrogens with zero attached hydrogens (tertiary/aromatic N) is 1. The molecule has 5 nitrogen and oxygen atoms in total. The van der Waals surface area contributed by atoms with E-state index in [0.717, 1.165) is 24.8 Å². The van der Waals surface area contributed by atoms with E-state index in [1.54, 1.807) is 24.3 Å². The molecule has 2 aromatic rings. The number of hydrogen-bond donors (Lipinski definition) is 1. The second kappa shape index (κ2) is 8.24. The molecule has 0 radical (unpaired) electrons. The number of fused-ring (bicyclic) bond motifs is 1. The van der Waals surface area contributed by atoms with Crippen molar-refractivity contribution in [2.45, 2.75) is 43.5 Å². The number of rotatable bonds is 5. The molecule has 0 unspecified atom stereocenters. The Hall–Kier alpha value is -2.25. The molecule has 2 aromatic carbocycles. The quantitative estimate of drug-likeness (QED) is 0.815. The molecule has 0 bridgehead atoms. The number of sulfonamides is 1. The first-order valence-electron chi connectivity index (χ1n) is 10.1. The van der Waals surface area contributed by atoms with E-state index in [4.69, 9.17) is 0 Å². The lowest BCUT2D eigenvalue weighted by atomic mass is 9.97. The Kier molecular flexibility index (Phi) is 5.69. The van der Waals surface area contributed by atoms with Crippen molar-refractivity contribution in [3.63, 3.8) is 0 Å². The zero-order chi connectivity index (χ0) is 20.4. The minimum Gasteiger partial charge on any atom is -0.352 e. The molecule has 1 aliphatic carbocycles. The summed E-state index contributed by atoms with van der Waals surface area (Å²) >= 11 is 0. The van der Waals surface area contributed by atoms with Gasteiger partial charge in [-0.1, -0.05) is 24.3 Å². The zero-order valence-electron chi connectivity index (χ0n) is 16.2. The summed E-state index contributed by atoms with van der Waals surface area (Å²) in [6, 6.07) is 11.8. The number of halogens is 1. The Morgan fingerprint density at radius 3 is 2.55 bits per heavy atom. The standard InChI is InChI=1S/C22H25FN2O3S/c23-21-7-2-1-4-19(21)15-24-22(26)17-10-12-25(13-11-17)29(27,28)20-9-8-16-5-3-6-18(16)14-20/h1-2,4,7-9,14,17H,3,5-6,10-13,15H2,(H,24,26). The molecular formula is C22H25FN2O3S. The average molecular weight is 417 g/mol. The van der Waals surface area contributed by atoms with Gasteiger partial charge in [-0.2, -0.15) is 4.31 Å². The van der Waals surface area contributed by atoms with Crippen molar-refractivity contribution < 1.29 is 17.6 Å². The van der Waals surface area contributed by atoms with Gasteiger partial charge in [0.15, 0.2) is 0 Å². The molecule has 7 heteroatoms. The Labute approximate surface area is 171 Å². The highest BCUT2D eigenvalue weighted by atomic mass is 32.2. The minimum absolute atomic E-state index is 0.138. The molecule has 1 aliphatic heterocycles. The van der Waals surface area contributed by atoms with Gasteiger partial charge in [-0.3, -0.25) is 4.79 Å². The van der Waals surface area contributed by atoms with E-state index < -0.39 is 10.0 Å². The van der Waals surface area contributed by atoms with Gasteiger partial charge in [0.2, 0.25) is 15.9 Å². The van der Waals surface area contributed by atoms with Crippen LogP contribution in [0, 0.1) is 11.7 Å². The lowest BCUT2D eigenvalue weighted by molar-refractivity contribution is -0.126. The topological polar surface area (TPSA) is 66.5 Å². The summed E-state index contributed by atoms with van der Waals surface area (Å²) in [5.74, 6) is -0.751. The number of carbonyl (C=O) groups excluding carboxylic acids is 1. The molecule has 1 heterocycles. The molecule has 29 heavy (non-hydrogen) atoms. The van der Waals surface area contributed by atoms with Gasteiger partial charge in [0.25, 0.3) is 0 Å². The van der Waals surface area contributed by atoms with Crippen LogP contribution >= 0.6 is 0 Å². The van der Waals surface area contributed by atoms with Crippen LogP contribution < -0.4 is 5.32 Å². The predicted molar refractivity (Wildman–Crippen MR) is 108 cm³/mol. The molecule has 1 N–H and O–H groups in total. The molecule has 4 rings (SSSR count). The summed E-state index contributed by atoms with van der Waals surface area (Å²) in [5, 5.41) is 2.78. The smallest absolute Gasteiger partial charge is 0.243 e. The van der Waals surface area contributed by atoms with Gasteiger partial charge in [-0.05, 0) is 61.4 Å². The van der Waals surface area contributed by atoms with Crippen molar-refractivity contribution in [3.05, 3.63) is 65.0 Å². The monoisotopic (exact) mass is 416 g/mol. The number of aryl methyl sites for hydroxylation is 2. The highest BCUT2D eigenvalue weighted by Gasteiger charge is 2.32. The second-order valence-corrected chi connectivity index (χ2v) is 9.71. The number of hydrogen-bond acceptors (Lipinski definition) is 3. The highest BCUT2D eigenvalue weighted by Crippen LogP contribution is 2.28. The van der Waals surface area contributed by atoms with E-state index in [1.807, 2.05) is 12.1 Å². The summed E-state index contributed by atoms with van der Waals surface area (Å²) in [4.78, 5) is 12.8. The molecule has 1 amide bonds. The van der Waals surface area contributed by atoms with Crippen molar-refractivity contribution in [1.82, 2.24) is 9.62 Å². The fourth-order valence-corrected chi connectivity index (χ4v) is 5.71. The maximum atomic E-state index is 13.7. The number of benzene rings is 2. The highest BCUT2D eigenvalue weighted by molar-refractivity contribution is 7.89. The summed E-state index contributed by atoms with van der Waals surface area (Å²) in [6.45, 7) is 0.771. The van der Waals surface area contributed by atoms with Crippen molar-refractivity contribution in [2.75, 3.05) is 13.1 Å². The van der Waals surface area contributed by atoms with Gasteiger partial charge < -0.3 is 5.32 Å². The van der Waals surface area contributed by atoms with Crippen LogP contribution in [0.4, 0.5) is 4.39 Å². The zero-order valence-corrected chi connectivity index (χ0v) is 17.1. The minimum atomic E-state index is -3.54. The van der Waals surface area contributed by atoms with Crippen LogP contribution in [-0.2, 0) is 34.2 Å². The lowest BCUT2D eigenvalue weighted by Crippen LogP contribution is -2.42. The van der Waals surface area contributed by atoms with Crippen LogP contribution in [-0.4, -0.2) is 31.7 Å². The Bertz CT molecular complexity index is 1010. The fraction of sp³-hybridized carbons (Fsp3) is 0.409. The third kappa shape index (κ3) is 4.21. The van der Waals surface area contributed by atoms with Crippen LogP contribution in [0.1, 0.15) is 36.0 Å². The summed E-state index contributed by atoms with van der Waals surface area (Å²) in [6.07, 6.45) is 3.96. The van der Waals surface area contributed by atoms with Crippen molar-refractivity contribution >= 4 is 15.9 Å². The van der Waals surface area contributed by atoms with Gasteiger partial charge >= 0.3 is 0 Å². The van der Waals surface area contributed by atoms with Gasteiger partial charge in [0.05, 0.1) is 4.90 Å². The molecule has 154 valence electrons. The maximum absolute atomic E-state index is 13.7. The fourth-order valence-electron chi connectivity index (χ4n) is 4.18. The SMILES string of the molecule is O=C(NCc1ccccc1F)C1CCN(S(=O)(=O)c2ccc3c(c2)CCC3)CC1. The van der Waals surface area contributed by atoms with Crippen molar-refractivity contribution in [1.29, 1.82) is 0 Å². The van der Waals surface area contributed by atoms with Gasteiger partial charge in [-0.15, -0.1) is 0 Å².